The molecule has 3 atom stereocenters. The summed E-state index contributed by atoms with van der Waals surface area (Å²) < 4.78 is 16.5. The van der Waals surface area contributed by atoms with Crippen LogP contribution in [0, 0.1) is 0 Å². The van der Waals surface area contributed by atoms with Crippen molar-refractivity contribution < 1.29 is 19.0 Å². The lowest BCUT2D eigenvalue weighted by molar-refractivity contribution is -0.191. The zero-order valence-electron chi connectivity index (χ0n) is 12.2. The maximum absolute atomic E-state index is 11.6. The van der Waals surface area contributed by atoms with Gasteiger partial charge in [-0.2, -0.15) is 0 Å². The Kier molecular flexibility index (Phi) is 4.41. The Balaban J connectivity index is 1.74. The molecule has 21 heavy (non-hydrogen) atoms. The van der Waals surface area contributed by atoms with Crippen LogP contribution in [-0.2, 0) is 20.6 Å². The van der Waals surface area contributed by atoms with Crippen LogP contribution in [0.1, 0.15) is 36.4 Å². The largest absolute Gasteiger partial charge is 0.453 e. The van der Waals surface area contributed by atoms with Crippen molar-refractivity contribution in [3.05, 3.63) is 35.4 Å². The van der Waals surface area contributed by atoms with Crippen LogP contribution in [0.2, 0.25) is 0 Å². The highest BCUT2D eigenvalue weighted by molar-refractivity contribution is 5.68. The van der Waals surface area contributed by atoms with E-state index in [1.165, 1.54) is 12.7 Å². The van der Waals surface area contributed by atoms with Crippen LogP contribution in [0.5, 0.6) is 0 Å². The van der Waals surface area contributed by atoms with Crippen molar-refractivity contribution in [1.29, 1.82) is 0 Å². The number of carbonyl (C=O) groups excluding carboxylic acids is 1. The molecule has 0 aromatic heterocycles. The Labute approximate surface area is 124 Å². The molecule has 0 radical (unpaired) electrons. The van der Waals surface area contributed by atoms with E-state index in [1.54, 1.807) is 0 Å². The van der Waals surface area contributed by atoms with E-state index in [4.69, 9.17) is 14.2 Å². The highest BCUT2D eigenvalue weighted by Crippen LogP contribution is 2.35. The Hall–Kier alpha value is -1.59. The third kappa shape index (κ3) is 3.19. The SMILES string of the molecule is COC(=O)N[C@@H]1c2ccccc2C[C@@H]1OC1CCCCO1. The van der Waals surface area contributed by atoms with E-state index in [-0.39, 0.29) is 18.4 Å². The lowest BCUT2D eigenvalue weighted by Gasteiger charge is -2.29. The molecule has 1 unspecified atom stereocenters. The molecule has 0 spiro atoms. The van der Waals surface area contributed by atoms with Gasteiger partial charge in [0.05, 0.1) is 19.3 Å². The lowest BCUT2D eigenvalue weighted by Crippen LogP contribution is -2.38. The third-order valence-corrected chi connectivity index (χ3v) is 4.11. The minimum absolute atomic E-state index is 0.107. The number of hydrogen-bond acceptors (Lipinski definition) is 4. The second-order valence-electron chi connectivity index (χ2n) is 5.49. The monoisotopic (exact) mass is 291 g/mol. The average molecular weight is 291 g/mol. The summed E-state index contributed by atoms with van der Waals surface area (Å²) in [4.78, 5) is 11.6. The minimum Gasteiger partial charge on any atom is -0.453 e. The molecular weight excluding hydrogens is 270 g/mol. The number of carbonyl (C=O) groups is 1. The molecule has 1 amide bonds. The van der Waals surface area contributed by atoms with Gasteiger partial charge in [0, 0.05) is 13.0 Å². The fraction of sp³-hybridized carbons (Fsp3) is 0.562. The van der Waals surface area contributed by atoms with Crippen LogP contribution >= 0.6 is 0 Å². The number of nitrogens with one attached hydrogen (secondary N) is 1. The average Bonchev–Trinajstić information content (AvgIpc) is 2.86. The van der Waals surface area contributed by atoms with Gasteiger partial charge in [0.2, 0.25) is 0 Å². The number of benzene rings is 1. The molecule has 5 heteroatoms. The van der Waals surface area contributed by atoms with E-state index in [0.29, 0.717) is 0 Å². The second kappa shape index (κ2) is 6.45. The number of alkyl carbamates (subject to hydrolysis) is 1. The van der Waals surface area contributed by atoms with Gasteiger partial charge < -0.3 is 19.5 Å². The smallest absolute Gasteiger partial charge is 0.407 e. The molecule has 1 aliphatic carbocycles. The first-order chi connectivity index (χ1) is 10.3. The molecule has 1 saturated heterocycles. The molecule has 1 aromatic carbocycles. The molecule has 0 saturated carbocycles. The van der Waals surface area contributed by atoms with Gasteiger partial charge in [-0.3, -0.25) is 0 Å². The predicted molar refractivity (Wildman–Crippen MR) is 76.9 cm³/mol. The van der Waals surface area contributed by atoms with E-state index in [9.17, 15) is 4.79 Å². The summed E-state index contributed by atoms with van der Waals surface area (Å²) in [6.45, 7) is 0.749. The quantitative estimate of drug-likeness (QED) is 0.930. The molecular formula is C16H21NO4. The summed E-state index contributed by atoms with van der Waals surface area (Å²) in [5.41, 5.74) is 2.31. The van der Waals surface area contributed by atoms with Crippen LogP contribution in [0.3, 0.4) is 0 Å². The summed E-state index contributed by atoms with van der Waals surface area (Å²) in [5, 5.41) is 2.88. The van der Waals surface area contributed by atoms with Crippen LogP contribution in [0.25, 0.3) is 0 Å². The Morgan fingerprint density at radius 2 is 2.19 bits per heavy atom. The fourth-order valence-corrected chi connectivity index (χ4v) is 3.06. The standard InChI is InChI=1S/C16H21NO4/c1-19-16(18)17-15-12-7-3-2-6-11(12)10-13(15)21-14-8-4-5-9-20-14/h2-3,6-7,13-15H,4-5,8-10H2,1H3,(H,17,18)/t13-,14?,15+/m0/s1. The third-order valence-electron chi connectivity index (χ3n) is 4.11. The first kappa shape index (κ1) is 14.4. The van der Waals surface area contributed by atoms with E-state index in [2.05, 4.69) is 11.4 Å². The van der Waals surface area contributed by atoms with E-state index in [1.807, 2.05) is 18.2 Å². The number of ether oxygens (including phenoxy) is 3. The van der Waals surface area contributed by atoms with Gasteiger partial charge in [-0.15, -0.1) is 0 Å². The van der Waals surface area contributed by atoms with Crippen LogP contribution in [-0.4, -0.2) is 32.2 Å². The first-order valence-corrected chi connectivity index (χ1v) is 7.47. The van der Waals surface area contributed by atoms with Crippen LogP contribution in [0.4, 0.5) is 4.79 Å². The maximum Gasteiger partial charge on any atom is 0.407 e. The van der Waals surface area contributed by atoms with E-state index in [0.717, 1.165) is 37.9 Å². The molecule has 3 rings (SSSR count). The first-order valence-electron chi connectivity index (χ1n) is 7.47. The van der Waals surface area contributed by atoms with Crippen molar-refractivity contribution in [3.63, 3.8) is 0 Å². The van der Waals surface area contributed by atoms with Gasteiger partial charge in [0.1, 0.15) is 0 Å². The Bertz CT molecular complexity index is 499. The lowest BCUT2D eigenvalue weighted by atomic mass is 10.1. The summed E-state index contributed by atoms with van der Waals surface area (Å²) >= 11 is 0. The molecule has 5 nitrogen and oxygen atoms in total. The summed E-state index contributed by atoms with van der Waals surface area (Å²) in [7, 11) is 1.37. The highest BCUT2D eigenvalue weighted by atomic mass is 16.7. The topological polar surface area (TPSA) is 56.8 Å². The van der Waals surface area contributed by atoms with Crippen molar-refractivity contribution in [2.45, 2.75) is 44.1 Å². The fourth-order valence-electron chi connectivity index (χ4n) is 3.06. The normalized spacial score (nSPS) is 28.0. The Morgan fingerprint density at radius 3 is 2.95 bits per heavy atom. The van der Waals surface area contributed by atoms with Crippen molar-refractivity contribution in [1.82, 2.24) is 5.32 Å². The molecule has 1 fully saturated rings. The molecule has 0 bridgehead atoms. The molecule has 2 aliphatic rings. The molecule has 1 aliphatic heterocycles. The van der Waals surface area contributed by atoms with Crippen LogP contribution in [0.15, 0.2) is 24.3 Å². The van der Waals surface area contributed by atoms with Gasteiger partial charge in [0.15, 0.2) is 6.29 Å². The zero-order valence-corrected chi connectivity index (χ0v) is 12.2. The Morgan fingerprint density at radius 1 is 1.33 bits per heavy atom. The van der Waals surface area contributed by atoms with Crippen LogP contribution < -0.4 is 5.32 Å². The van der Waals surface area contributed by atoms with Gasteiger partial charge in [-0.05, 0) is 30.4 Å². The van der Waals surface area contributed by atoms with E-state index >= 15 is 0 Å². The molecule has 1 heterocycles. The predicted octanol–water partition coefficient (Wildman–Crippen LogP) is 2.55. The molecule has 1 aromatic rings. The number of hydrogen-bond donors (Lipinski definition) is 1. The zero-order chi connectivity index (χ0) is 14.7. The molecule has 1 N–H and O–H groups in total. The number of methoxy groups -OCH3 is 1. The number of rotatable bonds is 3. The molecule has 114 valence electrons. The van der Waals surface area contributed by atoms with Crippen molar-refractivity contribution in [2.75, 3.05) is 13.7 Å². The van der Waals surface area contributed by atoms with Gasteiger partial charge in [-0.1, -0.05) is 24.3 Å². The van der Waals surface area contributed by atoms with Crippen molar-refractivity contribution in [3.8, 4) is 0 Å². The van der Waals surface area contributed by atoms with Gasteiger partial charge in [0.25, 0.3) is 0 Å². The van der Waals surface area contributed by atoms with Crippen molar-refractivity contribution >= 4 is 6.09 Å². The highest BCUT2D eigenvalue weighted by Gasteiger charge is 2.36. The second-order valence-corrected chi connectivity index (χ2v) is 5.49. The summed E-state index contributed by atoms with van der Waals surface area (Å²) in [5.74, 6) is 0. The van der Waals surface area contributed by atoms with Crippen molar-refractivity contribution in [2.24, 2.45) is 0 Å². The number of amides is 1. The van der Waals surface area contributed by atoms with Gasteiger partial charge >= 0.3 is 6.09 Å². The number of fused-ring (bicyclic) bond motifs is 1. The van der Waals surface area contributed by atoms with Gasteiger partial charge in [-0.25, -0.2) is 4.79 Å². The summed E-state index contributed by atoms with van der Waals surface area (Å²) in [6, 6.07) is 7.91. The maximum atomic E-state index is 11.6. The minimum atomic E-state index is -0.435. The summed E-state index contributed by atoms with van der Waals surface area (Å²) in [6.07, 6.45) is 3.20. The van der Waals surface area contributed by atoms with E-state index < -0.39 is 6.09 Å².